The lowest BCUT2D eigenvalue weighted by atomic mass is 10.1. The van der Waals surface area contributed by atoms with Gasteiger partial charge >= 0.3 is 6.03 Å². The zero-order valence-corrected chi connectivity index (χ0v) is 16.4. The summed E-state index contributed by atoms with van der Waals surface area (Å²) < 4.78 is 0. The number of carbonyl (C=O) groups excluding carboxylic acids is 1. The van der Waals surface area contributed by atoms with E-state index >= 15 is 0 Å². The number of amides is 2. The zero-order valence-electron chi connectivity index (χ0n) is 15.6. The van der Waals surface area contributed by atoms with Gasteiger partial charge in [-0.2, -0.15) is 0 Å². The van der Waals surface area contributed by atoms with Gasteiger partial charge in [0.25, 0.3) is 0 Å². The molecule has 0 bridgehead atoms. The van der Waals surface area contributed by atoms with Crippen LogP contribution in [0.2, 0.25) is 5.02 Å². The summed E-state index contributed by atoms with van der Waals surface area (Å²) in [5.74, 6) is 0. The number of anilines is 2. The Balaban J connectivity index is 1.75. The van der Waals surface area contributed by atoms with Gasteiger partial charge in [0.2, 0.25) is 0 Å². The van der Waals surface area contributed by atoms with Crippen molar-refractivity contribution in [3.8, 4) is 0 Å². The van der Waals surface area contributed by atoms with Gasteiger partial charge in [-0.1, -0.05) is 35.9 Å². The lowest BCUT2D eigenvalue weighted by Gasteiger charge is -2.25. The van der Waals surface area contributed by atoms with Crippen LogP contribution < -0.4 is 10.2 Å². The highest BCUT2D eigenvalue weighted by Crippen LogP contribution is 2.29. The average molecular weight is 388 g/mol. The summed E-state index contributed by atoms with van der Waals surface area (Å²) in [5.41, 5.74) is 3.89. The van der Waals surface area contributed by atoms with Crippen LogP contribution in [0.3, 0.4) is 0 Å². The van der Waals surface area contributed by atoms with E-state index in [4.69, 9.17) is 11.6 Å². The molecule has 1 fully saturated rings. The van der Waals surface area contributed by atoms with Gasteiger partial charge in [-0.25, -0.2) is 4.79 Å². The summed E-state index contributed by atoms with van der Waals surface area (Å²) in [5, 5.41) is 13.0. The van der Waals surface area contributed by atoms with E-state index in [2.05, 4.69) is 16.3 Å². The monoisotopic (exact) mass is 387 g/mol. The van der Waals surface area contributed by atoms with E-state index in [0.717, 1.165) is 29.9 Å². The van der Waals surface area contributed by atoms with E-state index in [1.165, 1.54) is 18.5 Å². The fourth-order valence-corrected chi connectivity index (χ4v) is 3.65. The third kappa shape index (κ3) is 4.73. The minimum absolute atomic E-state index is 0.106. The Morgan fingerprint density at radius 1 is 1.19 bits per heavy atom. The van der Waals surface area contributed by atoms with Crippen LogP contribution in [0, 0.1) is 6.92 Å². The molecule has 0 atom stereocenters. The summed E-state index contributed by atoms with van der Waals surface area (Å²) in [7, 11) is 0. The Labute approximate surface area is 165 Å². The highest BCUT2D eigenvalue weighted by Gasteiger charge is 2.19. The zero-order chi connectivity index (χ0) is 19.2. The molecule has 5 nitrogen and oxygen atoms in total. The highest BCUT2D eigenvalue weighted by atomic mass is 35.5. The Hall–Kier alpha value is -2.24. The largest absolute Gasteiger partial charge is 0.395 e. The molecule has 144 valence electrons. The van der Waals surface area contributed by atoms with Gasteiger partial charge < -0.3 is 20.2 Å². The van der Waals surface area contributed by atoms with Crippen molar-refractivity contribution in [2.75, 3.05) is 36.5 Å². The van der Waals surface area contributed by atoms with Crippen LogP contribution in [0.5, 0.6) is 0 Å². The first kappa shape index (κ1) is 19.5. The molecular formula is C21H26ClN3O2. The van der Waals surface area contributed by atoms with Gasteiger partial charge in [0.1, 0.15) is 0 Å². The van der Waals surface area contributed by atoms with E-state index < -0.39 is 0 Å². The number of nitrogens with zero attached hydrogens (tertiary/aromatic N) is 2. The second kappa shape index (κ2) is 9.11. The van der Waals surface area contributed by atoms with Gasteiger partial charge in [0.15, 0.2) is 0 Å². The molecule has 27 heavy (non-hydrogen) atoms. The smallest absolute Gasteiger partial charge is 0.322 e. The van der Waals surface area contributed by atoms with Crippen molar-refractivity contribution in [1.29, 1.82) is 0 Å². The predicted molar refractivity (Wildman–Crippen MR) is 111 cm³/mol. The Morgan fingerprint density at radius 3 is 2.63 bits per heavy atom. The molecule has 0 radical (unpaired) electrons. The molecule has 0 saturated carbocycles. The summed E-state index contributed by atoms with van der Waals surface area (Å²) >= 11 is 6.23. The summed E-state index contributed by atoms with van der Waals surface area (Å²) in [6.07, 6.45) is 2.41. The predicted octanol–water partition coefficient (Wildman–Crippen LogP) is 4.28. The summed E-state index contributed by atoms with van der Waals surface area (Å²) in [4.78, 5) is 16.8. The molecule has 1 saturated heterocycles. The normalized spacial score (nSPS) is 13.7. The van der Waals surface area contributed by atoms with Crippen molar-refractivity contribution in [1.82, 2.24) is 4.90 Å². The fraction of sp³-hybridized carbons (Fsp3) is 0.381. The van der Waals surface area contributed by atoms with E-state index in [1.54, 1.807) is 11.0 Å². The topological polar surface area (TPSA) is 55.8 Å². The number of benzene rings is 2. The van der Waals surface area contributed by atoms with Gasteiger partial charge in [-0.05, 0) is 49.1 Å². The number of hydrogen-bond acceptors (Lipinski definition) is 3. The highest BCUT2D eigenvalue weighted by molar-refractivity contribution is 6.31. The van der Waals surface area contributed by atoms with Gasteiger partial charge in [0, 0.05) is 42.6 Å². The lowest BCUT2D eigenvalue weighted by molar-refractivity contribution is 0.185. The maximum atomic E-state index is 12.9. The summed E-state index contributed by atoms with van der Waals surface area (Å²) in [6.45, 7) is 4.63. The standard InChI is InChI=1S/C21H26ClN3O2/c1-16-19(9-6-10-20(16)24-11-4-5-12-24)23-21(27)25(13-14-26)15-17-7-2-3-8-18(17)22/h2-3,6-10,26H,4-5,11-15H2,1H3,(H,23,27). The molecule has 2 aromatic rings. The third-order valence-electron chi connectivity index (χ3n) is 4.97. The molecule has 1 aliphatic heterocycles. The first-order valence-electron chi connectivity index (χ1n) is 9.35. The molecule has 2 aromatic carbocycles. The fourth-order valence-electron chi connectivity index (χ4n) is 3.46. The lowest BCUT2D eigenvalue weighted by Crippen LogP contribution is -2.36. The van der Waals surface area contributed by atoms with Crippen LogP contribution in [0.4, 0.5) is 16.2 Å². The molecule has 2 amide bonds. The number of urea groups is 1. The Bertz CT molecular complexity index is 791. The molecule has 3 rings (SSSR count). The maximum Gasteiger partial charge on any atom is 0.322 e. The maximum absolute atomic E-state index is 12.9. The average Bonchev–Trinajstić information content (AvgIpc) is 3.19. The van der Waals surface area contributed by atoms with E-state index in [1.807, 2.05) is 37.3 Å². The Kier molecular flexibility index (Phi) is 6.58. The minimum atomic E-state index is -0.245. The number of rotatable bonds is 6. The van der Waals surface area contributed by atoms with E-state index in [9.17, 15) is 9.90 Å². The van der Waals surface area contributed by atoms with Crippen LogP contribution in [0.1, 0.15) is 24.0 Å². The van der Waals surface area contributed by atoms with Gasteiger partial charge in [0.05, 0.1) is 6.61 Å². The number of nitrogens with one attached hydrogen (secondary N) is 1. The van der Waals surface area contributed by atoms with Crippen LogP contribution in [0.15, 0.2) is 42.5 Å². The quantitative estimate of drug-likeness (QED) is 0.778. The number of aliphatic hydroxyl groups is 1. The van der Waals surface area contributed by atoms with Crippen molar-refractivity contribution in [3.63, 3.8) is 0 Å². The molecule has 0 unspecified atom stereocenters. The van der Waals surface area contributed by atoms with Crippen LogP contribution in [-0.2, 0) is 6.54 Å². The first-order valence-corrected chi connectivity index (χ1v) is 9.72. The Morgan fingerprint density at radius 2 is 1.93 bits per heavy atom. The molecule has 1 heterocycles. The summed E-state index contributed by atoms with van der Waals surface area (Å²) in [6, 6.07) is 13.2. The van der Waals surface area contributed by atoms with Crippen molar-refractivity contribution >= 4 is 29.0 Å². The van der Waals surface area contributed by atoms with Crippen molar-refractivity contribution in [3.05, 3.63) is 58.6 Å². The SMILES string of the molecule is Cc1c(NC(=O)N(CCO)Cc2ccccc2Cl)cccc1N1CCCC1. The van der Waals surface area contributed by atoms with Gasteiger partial charge in [-0.15, -0.1) is 0 Å². The third-order valence-corrected chi connectivity index (χ3v) is 5.34. The number of halogens is 1. The molecule has 0 aromatic heterocycles. The second-order valence-electron chi connectivity index (χ2n) is 6.81. The molecule has 0 aliphatic carbocycles. The first-order chi connectivity index (χ1) is 13.1. The van der Waals surface area contributed by atoms with E-state index in [-0.39, 0.29) is 19.2 Å². The molecule has 2 N–H and O–H groups in total. The van der Waals surface area contributed by atoms with Crippen LogP contribution in [-0.4, -0.2) is 42.3 Å². The van der Waals surface area contributed by atoms with E-state index in [0.29, 0.717) is 11.6 Å². The van der Waals surface area contributed by atoms with Crippen LogP contribution >= 0.6 is 11.6 Å². The van der Waals surface area contributed by atoms with Crippen molar-refractivity contribution in [2.45, 2.75) is 26.3 Å². The number of aliphatic hydroxyl groups excluding tert-OH is 1. The molecule has 0 spiro atoms. The van der Waals surface area contributed by atoms with Crippen LogP contribution in [0.25, 0.3) is 0 Å². The minimum Gasteiger partial charge on any atom is -0.395 e. The molecule has 1 aliphatic rings. The van der Waals surface area contributed by atoms with Crippen molar-refractivity contribution < 1.29 is 9.90 Å². The van der Waals surface area contributed by atoms with Crippen molar-refractivity contribution in [2.24, 2.45) is 0 Å². The molecule has 6 heteroatoms. The second-order valence-corrected chi connectivity index (χ2v) is 7.22. The number of carbonyl (C=O) groups is 1. The number of hydrogen-bond donors (Lipinski definition) is 2. The molecular weight excluding hydrogens is 362 g/mol. The van der Waals surface area contributed by atoms with Gasteiger partial charge in [-0.3, -0.25) is 0 Å².